The molecule has 1 amide bonds. The minimum Gasteiger partial charge on any atom is -0.441 e. The molecule has 0 N–H and O–H groups in total. The zero-order valence-electron chi connectivity index (χ0n) is 18.6. The van der Waals surface area contributed by atoms with Crippen LogP contribution in [0.15, 0.2) is 54.9 Å². The summed E-state index contributed by atoms with van der Waals surface area (Å²) >= 11 is 0. The Balaban J connectivity index is 1.35. The van der Waals surface area contributed by atoms with Gasteiger partial charge in [-0.3, -0.25) is 4.90 Å². The van der Waals surface area contributed by atoms with Crippen molar-refractivity contribution in [3.63, 3.8) is 0 Å². The summed E-state index contributed by atoms with van der Waals surface area (Å²) in [5.41, 5.74) is 2.15. The van der Waals surface area contributed by atoms with Gasteiger partial charge in [-0.25, -0.2) is 9.78 Å². The standard InChI is InChI=1S/C24H24N4O2/c25-13-19-8-9-21-22(11-19)28(17-26-21)15-20-7-4-10-24(12-20)16-27(23(29)30-24)14-18-5-2-1-3-6-18/h1-3,5-6,8-9,11,17,20H,4,7,10,12,14-16H2/t20-,24-/m0/s1/i14D2. The minimum absolute atomic E-state index is 0.244. The first-order chi connectivity index (χ1) is 15.4. The lowest BCUT2D eigenvalue weighted by Gasteiger charge is -2.36. The van der Waals surface area contributed by atoms with E-state index >= 15 is 0 Å². The molecular formula is C24H24N4O2. The van der Waals surface area contributed by atoms with Crippen LogP contribution in [0.4, 0.5) is 4.79 Å². The van der Waals surface area contributed by atoms with Crippen LogP contribution in [-0.2, 0) is 17.8 Å². The van der Waals surface area contributed by atoms with Crippen molar-refractivity contribution in [2.45, 2.75) is 44.3 Å². The summed E-state index contributed by atoms with van der Waals surface area (Å²) in [5.74, 6) is 0.266. The molecule has 0 bridgehead atoms. The van der Waals surface area contributed by atoms with E-state index in [-0.39, 0.29) is 12.5 Å². The van der Waals surface area contributed by atoms with Gasteiger partial charge in [0.2, 0.25) is 0 Å². The Bertz CT molecular complexity index is 1200. The lowest BCUT2D eigenvalue weighted by Crippen LogP contribution is -2.40. The van der Waals surface area contributed by atoms with Crippen molar-refractivity contribution in [3.05, 3.63) is 66.0 Å². The van der Waals surface area contributed by atoms with E-state index in [0.29, 0.717) is 17.5 Å². The molecule has 30 heavy (non-hydrogen) atoms. The van der Waals surface area contributed by atoms with Gasteiger partial charge in [-0.05, 0) is 55.4 Å². The molecule has 1 spiro atoms. The van der Waals surface area contributed by atoms with Gasteiger partial charge >= 0.3 is 6.09 Å². The molecule has 5 rings (SSSR count). The molecule has 2 heterocycles. The highest BCUT2D eigenvalue weighted by Crippen LogP contribution is 2.41. The Morgan fingerprint density at radius 2 is 2.17 bits per heavy atom. The number of benzene rings is 2. The second kappa shape index (κ2) is 7.49. The molecule has 1 aliphatic heterocycles. The molecule has 2 aromatic carbocycles. The van der Waals surface area contributed by atoms with E-state index in [9.17, 15) is 10.1 Å². The molecular weight excluding hydrogens is 376 g/mol. The zero-order chi connectivity index (χ0) is 22.3. The number of imidazole rings is 1. The van der Waals surface area contributed by atoms with Gasteiger partial charge in [0.05, 0.1) is 38.3 Å². The monoisotopic (exact) mass is 402 g/mol. The maximum Gasteiger partial charge on any atom is 0.410 e. The molecule has 2 aliphatic rings. The molecule has 152 valence electrons. The van der Waals surface area contributed by atoms with Crippen LogP contribution < -0.4 is 0 Å². The maximum atomic E-state index is 12.8. The van der Waals surface area contributed by atoms with Crippen molar-refractivity contribution in [2.24, 2.45) is 5.92 Å². The smallest absolute Gasteiger partial charge is 0.410 e. The van der Waals surface area contributed by atoms with Crippen molar-refractivity contribution in [3.8, 4) is 6.07 Å². The van der Waals surface area contributed by atoms with Gasteiger partial charge in [0.1, 0.15) is 5.60 Å². The normalized spacial score (nSPS) is 25.1. The van der Waals surface area contributed by atoms with E-state index < -0.39 is 18.2 Å². The molecule has 6 heteroatoms. The predicted molar refractivity (Wildman–Crippen MR) is 112 cm³/mol. The topological polar surface area (TPSA) is 71.2 Å². The number of nitriles is 1. The number of carbonyl (C=O) groups is 1. The van der Waals surface area contributed by atoms with Crippen LogP contribution in [0.25, 0.3) is 11.0 Å². The van der Waals surface area contributed by atoms with Crippen molar-refractivity contribution in [2.75, 3.05) is 6.54 Å². The van der Waals surface area contributed by atoms with Crippen molar-refractivity contribution < 1.29 is 12.3 Å². The second-order valence-corrected chi connectivity index (χ2v) is 8.29. The third-order valence-corrected chi connectivity index (χ3v) is 6.12. The summed E-state index contributed by atoms with van der Waals surface area (Å²) in [6.07, 6.45) is 4.54. The van der Waals surface area contributed by atoms with E-state index in [1.165, 1.54) is 4.90 Å². The van der Waals surface area contributed by atoms with Gasteiger partial charge in [0.25, 0.3) is 0 Å². The first-order valence-corrected chi connectivity index (χ1v) is 10.3. The fraction of sp³-hybridized carbons (Fsp3) is 0.375. The molecule has 1 aliphatic carbocycles. The number of fused-ring (bicyclic) bond motifs is 1. The second-order valence-electron chi connectivity index (χ2n) is 8.29. The average Bonchev–Trinajstić information content (AvgIpc) is 3.34. The summed E-state index contributed by atoms with van der Waals surface area (Å²) in [5, 5.41) is 9.22. The summed E-state index contributed by atoms with van der Waals surface area (Å²) in [4.78, 5) is 18.4. The molecule has 2 atom stereocenters. The first kappa shape index (κ1) is 16.5. The van der Waals surface area contributed by atoms with Crippen molar-refractivity contribution >= 4 is 17.1 Å². The Morgan fingerprint density at radius 3 is 3.00 bits per heavy atom. The SMILES string of the molecule is [2H]C([2H])(c1ccccc1)N1C[C@@]2(CCC[C@H](Cn3cnc4ccc(C#N)cc43)C2)OC1=O. The highest BCUT2D eigenvalue weighted by molar-refractivity contribution is 5.77. The molecule has 0 radical (unpaired) electrons. The largest absolute Gasteiger partial charge is 0.441 e. The van der Waals surface area contributed by atoms with Gasteiger partial charge in [-0.15, -0.1) is 0 Å². The first-order valence-electron chi connectivity index (χ1n) is 11.3. The Hall–Kier alpha value is -3.33. The fourth-order valence-corrected chi connectivity index (χ4v) is 4.76. The van der Waals surface area contributed by atoms with Crippen LogP contribution in [0.3, 0.4) is 0 Å². The zero-order valence-corrected chi connectivity index (χ0v) is 16.6. The number of nitrogens with zero attached hydrogens (tertiary/aromatic N) is 4. The highest BCUT2D eigenvalue weighted by atomic mass is 16.6. The molecule has 1 aromatic heterocycles. The number of rotatable bonds is 4. The number of hydrogen-bond donors (Lipinski definition) is 0. The molecule has 1 saturated heterocycles. The van der Waals surface area contributed by atoms with E-state index in [0.717, 1.165) is 36.8 Å². The lowest BCUT2D eigenvalue weighted by atomic mass is 9.78. The number of ether oxygens (including phenoxy) is 1. The number of carbonyl (C=O) groups excluding carboxylic acids is 1. The Labute approximate surface area is 178 Å². The molecule has 6 nitrogen and oxygen atoms in total. The van der Waals surface area contributed by atoms with Crippen molar-refractivity contribution in [1.82, 2.24) is 14.5 Å². The third-order valence-electron chi connectivity index (χ3n) is 6.12. The number of aromatic nitrogens is 2. The lowest BCUT2D eigenvalue weighted by molar-refractivity contribution is 0.00415. The predicted octanol–water partition coefficient (Wildman–Crippen LogP) is 4.49. The van der Waals surface area contributed by atoms with Crippen molar-refractivity contribution in [1.29, 1.82) is 5.26 Å². The van der Waals surface area contributed by atoms with E-state index in [2.05, 4.69) is 15.6 Å². The van der Waals surface area contributed by atoms with Gasteiger partial charge in [-0.2, -0.15) is 5.26 Å². The molecule has 0 unspecified atom stereocenters. The van der Waals surface area contributed by atoms with Gasteiger partial charge in [0, 0.05) is 13.0 Å². The van der Waals surface area contributed by atoms with Crippen LogP contribution >= 0.6 is 0 Å². The number of amides is 1. The number of hydrogen-bond acceptors (Lipinski definition) is 4. The third kappa shape index (κ3) is 3.52. The van der Waals surface area contributed by atoms with Crippen LogP contribution in [0.2, 0.25) is 0 Å². The summed E-state index contributed by atoms with van der Waals surface area (Å²) in [6.45, 7) is -0.965. The van der Waals surface area contributed by atoms with Crippen LogP contribution in [0.5, 0.6) is 0 Å². The fourth-order valence-electron chi connectivity index (χ4n) is 4.76. The van der Waals surface area contributed by atoms with E-state index in [1.807, 2.05) is 18.2 Å². The summed E-state index contributed by atoms with van der Waals surface area (Å²) in [6, 6.07) is 16.4. The van der Waals surface area contributed by atoms with Crippen LogP contribution in [-0.4, -0.2) is 32.7 Å². The Morgan fingerprint density at radius 1 is 1.30 bits per heavy atom. The highest BCUT2D eigenvalue weighted by Gasteiger charge is 2.47. The van der Waals surface area contributed by atoms with E-state index in [4.69, 9.17) is 7.48 Å². The molecule has 3 aromatic rings. The summed E-state index contributed by atoms with van der Waals surface area (Å²) < 4.78 is 25.1. The van der Waals surface area contributed by atoms with Crippen LogP contribution in [0.1, 0.15) is 39.6 Å². The van der Waals surface area contributed by atoms with Crippen LogP contribution in [0, 0.1) is 17.2 Å². The van der Waals surface area contributed by atoms with Gasteiger partial charge in [0.15, 0.2) is 0 Å². The van der Waals surface area contributed by atoms with E-state index in [1.54, 1.807) is 36.7 Å². The summed E-state index contributed by atoms with van der Waals surface area (Å²) in [7, 11) is 0. The maximum absolute atomic E-state index is 12.8. The average molecular weight is 402 g/mol. The Kier molecular flexibility index (Phi) is 4.11. The minimum atomic E-state index is -1.93. The molecule has 1 saturated carbocycles. The van der Waals surface area contributed by atoms with Gasteiger partial charge in [-0.1, -0.05) is 30.3 Å². The van der Waals surface area contributed by atoms with Gasteiger partial charge < -0.3 is 9.30 Å². The quantitative estimate of drug-likeness (QED) is 0.645. The molecule has 2 fully saturated rings.